The van der Waals surface area contributed by atoms with Crippen molar-refractivity contribution in [2.75, 3.05) is 39.6 Å². The van der Waals surface area contributed by atoms with Crippen LogP contribution in [0.5, 0.6) is 0 Å². The summed E-state index contributed by atoms with van der Waals surface area (Å²) in [6.45, 7) is 5.95. The zero-order valence-electron chi connectivity index (χ0n) is 13.0. The van der Waals surface area contributed by atoms with E-state index in [1.807, 2.05) is 13.8 Å². The Morgan fingerprint density at radius 2 is 1.48 bits per heavy atom. The van der Waals surface area contributed by atoms with Crippen molar-refractivity contribution in [3.8, 4) is 0 Å². The molecule has 0 saturated heterocycles. The summed E-state index contributed by atoms with van der Waals surface area (Å²) >= 11 is 0. The molecule has 6 heteroatoms. The Kier molecular flexibility index (Phi) is 9.01. The van der Waals surface area contributed by atoms with E-state index in [1.54, 1.807) is 0 Å². The van der Waals surface area contributed by atoms with Crippen LogP contribution in [0.1, 0.15) is 33.1 Å². The maximum atomic E-state index is 11.3. The van der Waals surface area contributed by atoms with Crippen molar-refractivity contribution in [2.24, 2.45) is 11.8 Å². The summed E-state index contributed by atoms with van der Waals surface area (Å²) in [6, 6.07) is 0. The van der Waals surface area contributed by atoms with Gasteiger partial charge in [-0.3, -0.25) is 9.59 Å². The van der Waals surface area contributed by atoms with E-state index < -0.39 is 0 Å². The van der Waals surface area contributed by atoms with Crippen molar-refractivity contribution >= 4 is 11.9 Å². The van der Waals surface area contributed by atoms with E-state index in [0.717, 1.165) is 19.3 Å². The maximum Gasteiger partial charge on any atom is 0.309 e. The van der Waals surface area contributed by atoms with E-state index in [-0.39, 0.29) is 30.4 Å². The lowest BCUT2D eigenvalue weighted by molar-refractivity contribution is -0.150. The molecule has 0 N–H and O–H groups in total. The summed E-state index contributed by atoms with van der Waals surface area (Å²) in [4.78, 5) is 22.5. The second kappa shape index (κ2) is 10.6. The third kappa shape index (κ3) is 8.67. The molecule has 1 unspecified atom stereocenters. The predicted molar refractivity (Wildman–Crippen MR) is 75.7 cm³/mol. The first kappa shape index (κ1) is 17.9. The summed E-state index contributed by atoms with van der Waals surface area (Å²) in [5.41, 5.74) is 0. The number of carbonyl (C=O) groups excluding carboxylic acids is 2. The topological polar surface area (TPSA) is 71.1 Å². The van der Waals surface area contributed by atoms with Crippen LogP contribution in [0.3, 0.4) is 0 Å². The van der Waals surface area contributed by atoms with Gasteiger partial charge < -0.3 is 18.9 Å². The fraction of sp³-hybridized carbons (Fsp3) is 0.867. The highest BCUT2D eigenvalue weighted by Gasteiger charge is 2.30. The SMILES string of the molecule is CCC(C)C(=O)OCCOCCOCCOC(=O)C1CC1. The average molecular weight is 302 g/mol. The van der Waals surface area contributed by atoms with Gasteiger partial charge in [0.1, 0.15) is 13.2 Å². The molecule has 0 radical (unpaired) electrons. The summed E-state index contributed by atoms with van der Waals surface area (Å²) in [7, 11) is 0. The molecule has 0 spiro atoms. The van der Waals surface area contributed by atoms with E-state index in [4.69, 9.17) is 18.9 Å². The van der Waals surface area contributed by atoms with E-state index in [2.05, 4.69) is 0 Å². The quantitative estimate of drug-likeness (QED) is 0.402. The van der Waals surface area contributed by atoms with Gasteiger partial charge >= 0.3 is 11.9 Å². The number of ether oxygens (including phenoxy) is 4. The van der Waals surface area contributed by atoms with Gasteiger partial charge in [-0.2, -0.15) is 0 Å². The third-order valence-corrected chi connectivity index (χ3v) is 3.24. The summed E-state index contributed by atoms with van der Waals surface area (Å²) in [5.74, 6) is -0.231. The molecular formula is C15H26O6. The normalized spacial score (nSPS) is 15.5. The van der Waals surface area contributed by atoms with Crippen molar-refractivity contribution in [2.45, 2.75) is 33.1 Å². The van der Waals surface area contributed by atoms with Crippen LogP contribution in [0.25, 0.3) is 0 Å². The zero-order valence-corrected chi connectivity index (χ0v) is 13.0. The highest BCUT2D eigenvalue weighted by Crippen LogP contribution is 2.29. The molecule has 1 aliphatic carbocycles. The van der Waals surface area contributed by atoms with Crippen LogP contribution in [0, 0.1) is 11.8 Å². The summed E-state index contributed by atoms with van der Waals surface area (Å²) in [5, 5.41) is 0. The molecular weight excluding hydrogens is 276 g/mol. The largest absolute Gasteiger partial charge is 0.463 e. The Morgan fingerprint density at radius 1 is 0.952 bits per heavy atom. The third-order valence-electron chi connectivity index (χ3n) is 3.24. The van der Waals surface area contributed by atoms with E-state index >= 15 is 0 Å². The summed E-state index contributed by atoms with van der Waals surface area (Å²) < 4.78 is 20.6. The van der Waals surface area contributed by atoms with Crippen molar-refractivity contribution in [1.82, 2.24) is 0 Å². The van der Waals surface area contributed by atoms with Gasteiger partial charge in [0.2, 0.25) is 0 Å². The van der Waals surface area contributed by atoms with Gasteiger partial charge in [0.25, 0.3) is 0 Å². The standard InChI is InChI=1S/C15H26O6/c1-3-12(2)14(16)20-10-8-18-6-7-19-9-11-21-15(17)13-4-5-13/h12-13H,3-11H2,1-2H3. The van der Waals surface area contributed by atoms with Gasteiger partial charge in [-0.1, -0.05) is 13.8 Å². The van der Waals surface area contributed by atoms with Crippen LogP contribution >= 0.6 is 0 Å². The lowest BCUT2D eigenvalue weighted by Crippen LogP contribution is -2.18. The van der Waals surface area contributed by atoms with Crippen molar-refractivity contribution < 1.29 is 28.5 Å². The molecule has 0 aromatic rings. The molecule has 0 aromatic heterocycles. The van der Waals surface area contributed by atoms with E-state index in [9.17, 15) is 9.59 Å². The van der Waals surface area contributed by atoms with Crippen LogP contribution in [0.4, 0.5) is 0 Å². The smallest absolute Gasteiger partial charge is 0.309 e. The zero-order chi connectivity index (χ0) is 15.5. The number of carbonyl (C=O) groups is 2. The van der Waals surface area contributed by atoms with Crippen LogP contribution in [0.15, 0.2) is 0 Å². The Balaban J connectivity index is 1.78. The predicted octanol–water partition coefficient (Wildman–Crippen LogP) is 1.56. The number of esters is 2. The molecule has 0 aromatic carbocycles. The van der Waals surface area contributed by atoms with E-state index in [0.29, 0.717) is 33.0 Å². The lowest BCUT2D eigenvalue weighted by atomic mass is 10.1. The van der Waals surface area contributed by atoms with Gasteiger partial charge in [-0.05, 0) is 19.3 Å². The first-order chi connectivity index (χ1) is 10.1. The molecule has 0 bridgehead atoms. The molecule has 1 atom stereocenters. The molecule has 21 heavy (non-hydrogen) atoms. The lowest BCUT2D eigenvalue weighted by Gasteiger charge is -2.09. The van der Waals surface area contributed by atoms with Gasteiger partial charge in [0, 0.05) is 0 Å². The Labute approximate surface area is 126 Å². The van der Waals surface area contributed by atoms with Crippen molar-refractivity contribution in [1.29, 1.82) is 0 Å². The second-order valence-electron chi connectivity index (χ2n) is 5.14. The molecule has 122 valence electrons. The minimum absolute atomic E-state index is 0.0633. The molecule has 1 aliphatic rings. The Bertz CT molecular complexity index is 313. The highest BCUT2D eigenvalue weighted by molar-refractivity contribution is 5.74. The van der Waals surface area contributed by atoms with Crippen molar-refractivity contribution in [3.63, 3.8) is 0 Å². The van der Waals surface area contributed by atoms with Crippen LogP contribution in [-0.2, 0) is 28.5 Å². The minimum Gasteiger partial charge on any atom is -0.463 e. The van der Waals surface area contributed by atoms with Gasteiger partial charge in [-0.15, -0.1) is 0 Å². The van der Waals surface area contributed by atoms with E-state index in [1.165, 1.54) is 0 Å². The number of hydrogen-bond acceptors (Lipinski definition) is 6. The highest BCUT2D eigenvalue weighted by atomic mass is 16.6. The van der Waals surface area contributed by atoms with Crippen molar-refractivity contribution in [3.05, 3.63) is 0 Å². The monoisotopic (exact) mass is 302 g/mol. The first-order valence-corrected chi connectivity index (χ1v) is 7.64. The number of hydrogen-bond donors (Lipinski definition) is 0. The molecule has 0 amide bonds. The van der Waals surface area contributed by atoms with Gasteiger partial charge in [0.15, 0.2) is 0 Å². The Morgan fingerprint density at radius 3 is 2.00 bits per heavy atom. The Hall–Kier alpha value is -1.14. The first-order valence-electron chi connectivity index (χ1n) is 7.64. The molecule has 1 saturated carbocycles. The van der Waals surface area contributed by atoms with Gasteiger partial charge in [0.05, 0.1) is 38.3 Å². The molecule has 6 nitrogen and oxygen atoms in total. The van der Waals surface area contributed by atoms with Gasteiger partial charge in [-0.25, -0.2) is 0 Å². The summed E-state index contributed by atoms with van der Waals surface area (Å²) in [6.07, 6.45) is 2.68. The van der Waals surface area contributed by atoms with Crippen LogP contribution in [-0.4, -0.2) is 51.6 Å². The number of rotatable bonds is 12. The van der Waals surface area contributed by atoms with Crippen LogP contribution < -0.4 is 0 Å². The fourth-order valence-corrected chi connectivity index (χ4v) is 1.47. The maximum absolute atomic E-state index is 11.3. The minimum atomic E-state index is -0.185. The fourth-order valence-electron chi connectivity index (χ4n) is 1.47. The van der Waals surface area contributed by atoms with Crippen LogP contribution in [0.2, 0.25) is 0 Å². The molecule has 0 aliphatic heterocycles. The second-order valence-corrected chi connectivity index (χ2v) is 5.14. The molecule has 1 fully saturated rings. The average Bonchev–Trinajstić information content (AvgIpc) is 3.32. The molecule has 1 rings (SSSR count). The molecule has 0 heterocycles.